The predicted octanol–water partition coefficient (Wildman–Crippen LogP) is 5.03. The lowest BCUT2D eigenvalue weighted by molar-refractivity contribution is -0.148. The number of rotatable bonds is 13. The second kappa shape index (κ2) is 16.4. The molecule has 1 amide bonds. The molecule has 0 saturated carbocycles. The van der Waals surface area contributed by atoms with E-state index < -0.39 is 0 Å². The summed E-state index contributed by atoms with van der Waals surface area (Å²) in [6.45, 7) is 6.83. The maximum atomic E-state index is 11.2. The second-order valence-corrected chi connectivity index (χ2v) is 6.22. The SMILES string of the molecule is CC/C=C/C/C=C/C/C=C\CC/C=C\C[C@H](OC(C)=O)[C@@H](C)NC(C)=O. The summed E-state index contributed by atoms with van der Waals surface area (Å²) in [6, 6.07) is -0.208. The van der Waals surface area contributed by atoms with Crippen molar-refractivity contribution in [2.24, 2.45) is 0 Å². The summed E-state index contributed by atoms with van der Waals surface area (Å²) < 4.78 is 5.29. The number of carbonyl (C=O) groups is 2. The number of allylic oxidation sites excluding steroid dienone is 7. The third-order valence-electron chi connectivity index (χ3n) is 3.62. The summed E-state index contributed by atoms with van der Waals surface area (Å²) in [5.74, 6) is -0.457. The summed E-state index contributed by atoms with van der Waals surface area (Å²) in [6.07, 6.45) is 22.4. The van der Waals surface area contributed by atoms with Gasteiger partial charge in [0, 0.05) is 20.3 Å². The van der Waals surface area contributed by atoms with Crippen LogP contribution in [0.1, 0.15) is 66.2 Å². The van der Waals surface area contributed by atoms with E-state index >= 15 is 0 Å². The topological polar surface area (TPSA) is 55.4 Å². The lowest BCUT2D eigenvalue weighted by Gasteiger charge is -2.23. The van der Waals surface area contributed by atoms with Gasteiger partial charge in [0.15, 0.2) is 0 Å². The Hall–Kier alpha value is -2.10. The highest BCUT2D eigenvalue weighted by molar-refractivity contribution is 5.73. The van der Waals surface area contributed by atoms with Gasteiger partial charge in [-0.1, -0.05) is 55.5 Å². The third-order valence-corrected chi connectivity index (χ3v) is 3.62. The Morgan fingerprint density at radius 2 is 1.42 bits per heavy atom. The molecule has 2 atom stereocenters. The van der Waals surface area contributed by atoms with Crippen LogP contribution in [0.15, 0.2) is 48.6 Å². The standard InChI is InChI=1S/C22H35NO3/c1-5-6-7-8-9-10-11-12-13-14-15-16-17-18-22(26-21(4)25)19(2)23-20(3)24/h6-7,9-10,12-13,16-17,19,22H,5,8,11,14-15,18H2,1-4H3,(H,23,24)/b7-6+,10-9+,13-12-,17-16-/t19-,22+/m1/s1. The first-order chi connectivity index (χ1) is 12.5. The van der Waals surface area contributed by atoms with Gasteiger partial charge in [-0.15, -0.1) is 0 Å². The van der Waals surface area contributed by atoms with Crippen molar-refractivity contribution in [1.82, 2.24) is 5.32 Å². The van der Waals surface area contributed by atoms with Gasteiger partial charge in [-0.2, -0.15) is 0 Å². The van der Waals surface area contributed by atoms with Crippen LogP contribution >= 0.6 is 0 Å². The monoisotopic (exact) mass is 361 g/mol. The van der Waals surface area contributed by atoms with E-state index in [9.17, 15) is 9.59 Å². The summed E-state index contributed by atoms with van der Waals surface area (Å²) in [4.78, 5) is 22.3. The molecular formula is C22H35NO3. The van der Waals surface area contributed by atoms with Crippen LogP contribution in [0.2, 0.25) is 0 Å². The molecule has 0 aliphatic rings. The maximum absolute atomic E-state index is 11.2. The van der Waals surface area contributed by atoms with Crippen molar-refractivity contribution in [2.45, 2.75) is 78.4 Å². The number of hydrogen-bond donors (Lipinski definition) is 1. The van der Waals surface area contributed by atoms with Gasteiger partial charge in [0.25, 0.3) is 0 Å². The quantitative estimate of drug-likeness (QED) is 0.284. The van der Waals surface area contributed by atoms with Crippen LogP contribution in [0.25, 0.3) is 0 Å². The summed E-state index contributed by atoms with van der Waals surface area (Å²) in [7, 11) is 0. The first-order valence-electron chi connectivity index (χ1n) is 9.51. The van der Waals surface area contributed by atoms with Gasteiger partial charge in [0.2, 0.25) is 5.91 Å². The number of amides is 1. The van der Waals surface area contributed by atoms with Crippen LogP contribution in [0, 0.1) is 0 Å². The first-order valence-corrected chi connectivity index (χ1v) is 9.51. The van der Waals surface area contributed by atoms with Gasteiger partial charge in [-0.3, -0.25) is 9.59 Å². The zero-order chi connectivity index (χ0) is 19.6. The van der Waals surface area contributed by atoms with Crippen molar-refractivity contribution in [3.05, 3.63) is 48.6 Å². The van der Waals surface area contributed by atoms with Crippen molar-refractivity contribution >= 4 is 11.9 Å². The van der Waals surface area contributed by atoms with E-state index in [4.69, 9.17) is 4.74 Å². The summed E-state index contributed by atoms with van der Waals surface area (Å²) in [5, 5.41) is 2.77. The van der Waals surface area contributed by atoms with Crippen molar-refractivity contribution < 1.29 is 14.3 Å². The number of nitrogens with one attached hydrogen (secondary N) is 1. The van der Waals surface area contributed by atoms with Gasteiger partial charge in [-0.05, 0) is 39.0 Å². The molecular weight excluding hydrogens is 326 g/mol. The molecule has 0 aromatic carbocycles. The second-order valence-electron chi connectivity index (χ2n) is 6.22. The number of esters is 1. The molecule has 0 aliphatic heterocycles. The normalized spacial score (nSPS) is 14.5. The summed E-state index contributed by atoms with van der Waals surface area (Å²) in [5.41, 5.74) is 0. The maximum Gasteiger partial charge on any atom is 0.302 e. The van der Waals surface area contributed by atoms with Crippen LogP contribution in [0.5, 0.6) is 0 Å². The molecule has 0 saturated heterocycles. The molecule has 26 heavy (non-hydrogen) atoms. The van der Waals surface area contributed by atoms with Crippen molar-refractivity contribution in [1.29, 1.82) is 0 Å². The fourth-order valence-corrected chi connectivity index (χ4v) is 2.35. The van der Waals surface area contributed by atoms with Gasteiger partial charge >= 0.3 is 5.97 Å². The third kappa shape index (κ3) is 15.4. The van der Waals surface area contributed by atoms with Gasteiger partial charge in [0.05, 0.1) is 6.04 Å². The molecule has 0 aromatic heterocycles. The minimum atomic E-state index is -0.338. The Morgan fingerprint density at radius 3 is 1.96 bits per heavy atom. The van der Waals surface area contributed by atoms with Gasteiger partial charge in [-0.25, -0.2) is 0 Å². The highest BCUT2D eigenvalue weighted by Gasteiger charge is 2.19. The minimum Gasteiger partial charge on any atom is -0.460 e. The van der Waals surface area contributed by atoms with Crippen LogP contribution in [-0.4, -0.2) is 24.0 Å². The molecule has 0 unspecified atom stereocenters. The average Bonchev–Trinajstić information content (AvgIpc) is 2.57. The van der Waals surface area contributed by atoms with Crippen molar-refractivity contribution in [3.8, 4) is 0 Å². The highest BCUT2D eigenvalue weighted by Crippen LogP contribution is 2.08. The molecule has 0 rings (SSSR count). The molecule has 0 heterocycles. The molecule has 0 fully saturated rings. The number of hydrogen-bond acceptors (Lipinski definition) is 3. The smallest absolute Gasteiger partial charge is 0.302 e. The van der Waals surface area contributed by atoms with E-state index in [0.29, 0.717) is 6.42 Å². The van der Waals surface area contributed by atoms with E-state index in [-0.39, 0.29) is 24.0 Å². The van der Waals surface area contributed by atoms with Crippen LogP contribution in [-0.2, 0) is 14.3 Å². The molecule has 0 aromatic rings. The Bertz CT molecular complexity index is 504. The number of carbonyl (C=O) groups excluding carboxylic acids is 2. The average molecular weight is 362 g/mol. The lowest BCUT2D eigenvalue weighted by atomic mass is 10.1. The van der Waals surface area contributed by atoms with Crippen LogP contribution in [0.3, 0.4) is 0 Å². The van der Waals surface area contributed by atoms with E-state index in [1.54, 1.807) is 0 Å². The molecule has 1 N–H and O–H groups in total. The van der Waals surface area contributed by atoms with E-state index in [1.807, 2.05) is 13.0 Å². The van der Waals surface area contributed by atoms with E-state index in [0.717, 1.165) is 32.1 Å². The highest BCUT2D eigenvalue weighted by atomic mass is 16.5. The van der Waals surface area contributed by atoms with Gasteiger partial charge < -0.3 is 10.1 Å². The zero-order valence-electron chi connectivity index (χ0n) is 16.7. The Balaban J connectivity index is 4.03. The lowest BCUT2D eigenvalue weighted by Crippen LogP contribution is -2.41. The minimum absolute atomic E-state index is 0.126. The van der Waals surface area contributed by atoms with Gasteiger partial charge in [0.1, 0.15) is 6.10 Å². The van der Waals surface area contributed by atoms with Crippen LogP contribution < -0.4 is 5.32 Å². The van der Waals surface area contributed by atoms with Crippen LogP contribution in [0.4, 0.5) is 0 Å². The van der Waals surface area contributed by atoms with Crippen molar-refractivity contribution in [3.63, 3.8) is 0 Å². The Kier molecular flexibility index (Phi) is 15.1. The van der Waals surface area contributed by atoms with Crippen molar-refractivity contribution in [2.75, 3.05) is 0 Å². The Morgan fingerprint density at radius 1 is 0.885 bits per heavy atom. The fourth-order valence-electron chi connectivity index (χ4n) is 2.35. The summed E-state index contributed by atoms with van der Waals surface area (Å²) >= 11 is 0. The molecule has 4 heteroatoms. The van der Waals surface area contributed by atoms with E-state index in [2.05, 4.69) is 54.8 Å². The molecule has 146 valence electrons. The molecule has 0 radical (unpaired) electrons. The molecule has 4 nitrogen and oxygen atoms in total. The molecule has 0 aliphatic carbocycles. The Labute approximate surface area is 159 Å². The first kappa shape index (κ1) is 23.9. The molecule has 0 bridgehead atoms. The number of unbranched alkanes of at least 4 members (excludes halogenated alkanes) is 1. The fraction of sp³-hybridized carbons (Fsp3) is 0.545. The predicted molar refractivity (Wildman–Crippen MR) is 109 cm³/mol. The number of ether oxygens (including phenoxy) is 1. The molecule has 0 spiro atoms. The zero-order valence-corrected chi connectivity index (χ0v) is 16.7. The van der Waals surface area contributed by atoms with E-state index in [1.165, 1.54) is 13.8 Å². The largest absolute Gasteiger partial charge is 0.460 e.